The Bertz CT molecular complexity index is 512. The molecule has 0 radical (unpaired) electrons. The highest BCUT2D eigenvalue weighted by Gasteiger charge is 2.33. The van der Waals surface area contributed by atoms with Gasteiger partial charge in [-0.25, -0.2) is 0 Å². The normalized spacial score (nSPS) is 20.0. The first kappa shape index (κ1) is 19.9. The number of hydrogen-bond acceptors (Lipinski definition) is 5. The van der Waals surface area contributed by atoms with Crippen LogP contribution in [0.5, 0.6) is 0 Å². The van der Waals surface area contributed by atoms with Gasteiger partial charge in [0.15, 0.2) is 5.82 Å². The number of likely N-dealkylation sites (N-methyl/N-ethyl adjacent to an activating group) is 1. The number of halogens is 1. The largest absolute Gasteiger partial charge is 0.341 e. The third-order valence-electron chi connectivity index (χ3n) is 4.16. The average molecular weight is 345 g/mol. The van der Waals surface area contributed by atoms with Crippen LogP contribution in [0.3, 0.4) is 0 Å². The van der Waals surface area contributed by atoms with E-state index in [4.69, 9.17) is 4.52 Å². The Hall–Kier alpha value is -1.14. The van der Waals surface area contributed by atoms with E-state index < -0.39 is 0 Å². The van der Waals surface area contributed by atoms with Crippen molar-refractivity contribution >= 4 is 18.3 Å². The second-order valence-corrected chi connectivity index (χ2v) is 7.28. The third kappa shape index (κ3) is 5.18. The number of aromatic nitrogens is 2. The zero-order valence-electron chi connectivity index (χ0n) is 14.8. The molecule has 1 fully saturated rings. The summed E-state index contributed by atoms with van der Waals surface area (Å²) in [5.74, 6) is 1.76. The topological polar surface area (TPSA) is 71.3 Å². The molecule has 1 amide bonds. The van der Waals surface area contributed by atoms with Crippen LogP contribution in [-0.2, 0) is 11.2 Å². The number of piperidine rings is 1. The Morgan fingerprint density at radius 3 is 2.78 bits per heavy atom. The highest BCUT2D eigenvalue weighted by atomic mass is 35.5. The summed E-state index contributed by atoms with van der Waals surface area (Å²) >= 11 is 0. The summed E-state index contributed by atoms with van der Waals surface area (Å²) in [7, 11) is 1.92. The molecule has 0 spiro atoms. The van der Waals surface area contributed by atoms with Gasteiger partial charge in [0.2, 0.25) is 11.8 Å². The van der Waals surface area contributed by atoms with Gasteiger partial charge in [-0.2, -0.15) is 4.98 Å². The molecule has 0 aromatic carbocycles. The fourth-order valence-corrected chi connectivity index (χ4v) is 2.73. The maximum Gasteiger partial charge on any atom is 0.231 e. The molecule has 23 heavy (non-hydrogen) atoms. The molecule has 1 saturated heterocycles. The van der Waals surface area contributed by atoms with Crippen molar-refractivity contribution in [2.24, 2.45) is 5.41 Å². The predicted octanol–water partition coefficient (Wildman–Crippen LogP) is 2.39. The molecule has 1 aliphatic rings. The number of likely N-dealkylation sites (tertiary alicyclic amines) is 1. The second-order valence-electron chi connectivity index (χ2n) is 7.28. The molecule has 132 valence electrons. The fourth-order valence-electron chi connectivity index (χ4n) is 2.73. The molecule has 6 nitrogen and oxygen atoms in total. The Labute approximate surface area is 144 Å². The molecule has 1 N–H and O–H groups in total. The fraction of sp³-hybridized carbons (Fsp3) is 0.812. The van der Waals surface area contributed by atoms with Crippen molar-refractivity contribution in [3.63, 3.8) is 0 Å². The molecular weight excluding hydrogens is 316 g/mol. The van der Waals surface area contributed by atoms with E-state index in [0.29, 0.717) is 18.5 Å². The maximum atomic E-state index is 12.4. The van der Waals surface area contributed by atoms with Crippen LogP contribution in [0.2, 0.25) is 0 Å². The molecule has 0 saturated carbocycles. The van der Waals surface area contributed by atoms with E-state index in [1.54, 1.807) is 0 Å². The molecule has 2 unspecified atom stereocenters. The zero-order chi connectivity index (χ0) is 16.3. The molecule has 2 heterocycles. The van der Waals surface area contributed by atoms with Gasteiger partial charge in [0.1, 0.15) is 0 Å². The van der Waals surface area contributed by atoms with E-state index in [0.717, 1.165) is 31.6 Å². The molecule has 7 heteroatoms. The first-order valence-electron chi connectivity index (χ1n) is 8.10. The van der Waals surface area contributed by atoms with Crippen LogP contribution in [0, 0.1) is 5.41 Å². The van der Waals surface area contributed by atoms with E-state index in [9.17, 15) is 4.79 Å². The summed E-state index contributed by atoms with van der Waals surface area (Å²) in [6, 6.07) is 0.316. The van der Waals surface area contributed by atoms with E-state index in [-0.39, 0.29) is 29.6 Å². The Morgan fingerprint density at radius 2 is 2.17 bits per heavy atom. The molecule has 2 rings (SSSR count). The molecule has 1 aromatic rings. The number of rotatable bonds is 4. The van der Waals surface area contributed by atoms with Gasteiger partial charge in [0.25, 0.3) is 0 Å². The number of hydrogen-bond donors (Lipinski definition) is 1. The second kappa shape index (κ2) is 8.11. The summed E-state index contributed by atoms with van der Waals surface area (Å²) in [6.07, 6.45) is 2.73. The van der Waals surface area contributed by atoms with Crippen LogP contribution < -0.4 is 5.32 Å². The van der Waals surface area contributed by atoms with Crippen molar-refractivity contribution in [2.75, 3.05) is 20.1 Å². The minimum absolute atomic E-state index is 0. The molecule has 0 aliphatic carbocycles. The molecule has 2 atom stereocenters. The van der Waals surface area contributed by atoms with Crippen LogP contribution in [0.25, 0.3) is 0 Å². The van der Waals surface area contributed by atoms with Crippen LogP contribution >= 0.6 is 12.4 Å². The van der Waals surface area contributed by atoms with E-state index in [2.05, 4.69) is 22.4 Å². The number of carbonyl (C=O) groups is 1. The van der Waals surface area contributed by atoms with Crippen LogP contribution in [-0.4, -0.2) is 47.1 Å². The molecule has 1 aromatic heterocycles. The van der Waals surface area contributed by atoms with Crippen molar-refractivity contribution in [2.45, 2.75) is 58.9 Å². The van der Waals surface area contributed by atoms with Gasteiger partial charge in [-0.15, -0.1) is 12.4 Å². The van der Waals surface area contributed by atoms with Crippen molar-refractivity contribution in [1.82, 2.24) is 20.4 Å². The standard InChI is InChI=1S/C16H28N4O2.ClH/c1-11(17-5)9-13-18-14(22-19-13)12-7-6-8-20(10-12)15(21)16(2,3)4;/h11-12,17H,6-10H2,1-5H3;1H. The van der Waals surface area contributed by atoms with Gasteiger partial charge in [-0.1, -0.05) is 25.9 Å². The van der Waals surface area contributed by atoms with E-state index in [1.807, 2.05) is 32.7 Å². The quantitative estimate of drug-likeness (QED) is 0.908. The third-order valence-corrected chi connectivity index (χ3v) is 4.16. The Kier molecular flexibility index (Phi) is 7.02. The zero-order valence-corrected chi connectivity index (χ0v) is 15.6. The number of nitrogens with one attached hydrogen (secondary N) is 1. The first-order valence-corrected chi connectivity index (χ1v) is 8.10. The van der Waals surface area contributed by atoms with E-state index in [1.165, 1.54) is 0 Å². The molecular formula is C16H29ClN4O2. The Balaban J connectivity index is 0.00000264. The van der Waals surface area contributed by atoms with E-state index >= 15 is 0 Å². The molecule has 1 aliphatic heterocycles. The predicted molar refractivity (Wildman–Crippen MR) is 91.8 cm³/mol. The lowest BCUT2D eigenvalue weighted by atomic mass is 9.91. The SMILES string of the molecule is CNC(C)Cc1noc(C2CCCN(C(=O)C(C)(C)C)C2)n1.Cl. The average Bonchev–Trinajstić information content (AvgIpc) is 2.94. The van der Waals surface area contributed by atoms with Crippen LogP contribution in [0.1, 0.15) is 58.2 Å². The van der Waals surface area contributed by atoms with Crippen LogP contribution in [0.15, 0.2) is 4.52 Å². The maximum absolute atomic E-state index is 12.4. The first-order chi connectivity index (χ1) is 10.3. The van der Waals surface area contributed by atoms with Gasteiger partial charge < -0.3 is 14.7 Å². The van der Waals surface area contributed by atoms with Gasteiger partial charge in [0, 0.05) is 31.0 Å². The lowest BCUT2D eigenvalue weighted by Gasteiger charge is -2.35. The van der Waals surface area contributed by atoms with Gasteiger partial charge in [-0.05, 0) is 26.8 Å². The van der Waals surface area contributed by atoms with Crippen molar-refractivity contribution in [3.05, 3.63) is 11.7 Å². The van der Waals surface area contributed by atoms with Crippen LogP contribution in [0.4, 0.5) is 0 Å². The summed E-state index contributed by atoms with van der Waals surface area (Å²) in [5.41, 5.74) is -0.343. The molecule has 0 bridgehead atoms. The summed E-state index contributed by atoms with van der Waals surface area (Å²) < 4.78 is 5.44. The minimum atomic E-state index is -0.343. The number of amides is 1. The lowest BCUT2D eigenvalue weighted by Crippen LogP contribution is -2.44. The van der Waals surface area contributed by atoms with Crippen molar-refractivity contribution < 1.29 is 9.32 Å². The van der Waals surface area contributed by atoms with Crippen molar-refractivity contribution in [1.29, 1.82) is 0 Å². The summed E-state index contributed by atoms with van der Waals surface area (Å²) in [5, 5.41) is 7.23. The Morgan fingerprint density at radius 1 is 1.48 bits per heavy atom. The highest BCUT2D eigenvalue weighted by Crippen LogP contribution is 2.28. The number of carbonyl (C=O) groups excluding carboxylic acids is 1. The minimum Gasteiger partial charge on any atom is -0.341 e. The highest BCUT2D eigenvalue weighted by molar-refractivity contribution is 5.85. The van der Waals surface area contributed by atoms with Gasteiger partial charge >= 0.3 is 0 Å². The number of nitrogens with zero attached hydrogens (tertiary/aromatic N) is 3. The summed E-state index contributed by atoms with van der Waals surface area (Å²) in [4.78, 5) is 18.9. The van der Waals surface area contributed by atoms with Gasteiger partial charge in [-0.3, -0.25) is 4.79 Å². The summed E-state index contributed by atoms with van der Waals surface area (Å²) in [6.45, 7) is 9.47. The lowest BCUT2D eigenvalue weighted by molar-refractivity contribution is -0.140. The smallest absolute Gasteiger partial charge is 0.231 e. The van der Waals surface area contributed by atoms with Gasteiger partial charge in [0.05, 0.1) is 5.92 Å². The van der Waals surface area contributed by atoms with Crippen molar-refractivity contribution in [3.8, 4) is 0 Å². The monoisotopic (exact) mass is 344 g/mol.